The van der Waals surface area contributed by atoms with Gasteiger partial charge in [0.25, 0.3) is 11.8 Å². The van der Waals surface area contributed by atoms with Crippen molar-refractivity contribution in [2.24, 2.45) is 0 Å². The summed E-state index contributed by atoms with van der Waals surface area (Å²) in [6, 6.07) is 39.4. The molecular formula is C36H28N2O2. The smallest absolute Gasteiger partial charge is 0.256 e. The van der Waals surface area contributed by atoms with E-state index in [-0.39, 0.29) is 11.8 Å². The maximum Gasteiger partial charge on any atom is 0.256 e. The van der Waals surface area contributed by atoms with E-state index in [9.17, 15) is 9.59 Å². The van der Waals surface area contributed by atoms with Crippen LogP contribution in [0.5, 0.6) is 0 Å². The predicted molar refractivity (Wildman–Crippen MR) is 165 cm³/mol. The Hall–Kier alpha value is -5.22. The van der Waals surface area contributed by atoms with Gasteiger partial charge in [-0.3, -0.25) is 9.59 Å². The number of carbonyl (C=O) groups excluding carboxylic acids is 2. The number of anilines is 2. The van der Waals surface area contributed by atoms with E-state index >= 15 is 0 Å². The van der Waals surface area contributed by atoms with Crippen molar-refractivity contribution in [3.8, 4) is 11.1 Å². The van der Waals surface area contributed by atoms with E-state index in [1.165, 1.54) is 0 Å². The molecule has 0 spiro atoms. The third kappa shape index (κ3) is 4.83. The van der Waals surface area contributed by atoms with Crippen LogP contribution in [0, 0.1) is 13.8 Å². The molecule has 0 atom stereocenters. The van der Waals surface area contributed by atoms with Crippen molar-refractivity contribution in [2.45, 2.75) is 13.8 Å². The first-order valence-corrected chi connectivity index (χ1v) is 13.3. The summed E-state index contributed by atoms with van der Waals surface area (Å²) in [7, 11) is 0. The zero-order chi connectivity index (χ0) is 27.6. The molecule has 4 nitrogen and oxygen atoms in total. The third-order valence-electron chi connectivity index (χ3n) is 7.35. The van der Waals surface area contributed by atoms with Gasteiger partial charge in [-0.1, -0.05) is 84.9 Å². The molecular weight excluding hydrogens is 492 g/mol. The van der Waals surface area contributed by atoms with E-state index in [1.54, 1.807) is 0 Å². The SMILES string of the molecule is Cc1cc(-c2ccc(NC(=O)c3cccc4ccccc34)c(C)c2)ccc1NC(=O)c1cccc2ccccc12. The molecule has 2 N–H and O–H groups in total. The summed E-state index contributed by atoms with van der Waals surface area (Å²) in [4.78, 5) is 26.3. The van der Waals surface area contributed by atoms with E-state index in [4.69, 9.17) is 0 Å². The van der Waals surface area contributed by atoms with Gasteiger partial charge < -0.3 is 10.6 Å². The molecule has 0 saturated carbocycles. The Balaban J connectivity index is 1.20. The van der Waals surface area contributed by atoms with Gasteiger partial charge in [-0.05, 0) is 94.0 Å². The standard InChI is InChI=1S/C36H28N2O2/c1-23-21-27(17-19-33(23)37-35(39)31-15-7-11-25-9-3-5-13-29(25)31)28-18-20-34(24(2)22-28)38-36(40)32-16-8-12-26-10-4-6-14-30(26)32/h3-22H,1-2H3,(H,37,39)(H,38,40). The van der Waals surface area contributed by atoms with Gasteiger partial charge in [0.15, 0.2) is 0 Å². The minimum absolute atomic E-state index is 0.130. The summed E-state index contributed by atoms with van der Waals surface area (Å²) in [5, 5.41) is 10.1. The molecule has 0 aliphatic carbocycles. The number of amides is 2. The minimum atomic E-state index is -0.130. The first kappa shape index (κ1) is 25.1. The Kier molecular flexibility index (Phi) is 6.59. The van der Waals surface area contributed by atoms with Crippen molar-refractivity contribution in [2.75, 3.05) is 10.6 Å². The van der Waals surface area contributed by atoms with Gasteiger partial charge in [-0.15, -0.1) is 0 Å². The minimum Gasteiger partial charge on any atom is -0.322 e. The van der Waals surface area contributed by atoms with Crippen molar-refractivity contribution in [3.05, 3.63) is 144 Å². The fraction of sp³-hybridized carbons (Fsp3) is 0.0556. The lowest BCUT2D eigenvalue weighted by molar-refractivity contribution is 0.102. The van der Waals surface area contributed by atoms with Crippen LogP contribution in [0.2, 0.25) is 0 Å². The van der Waals surface area contributed by atoms with Crippen molar-refractivity contribution >= 4 is 44.7 Å². The highest BCUT2D eigenvalue weighted by Gasteiger charge is 2.14. The van der Waals surface area contributed by atoms with Crippen molar-refractivity contribution in [1.82, 2.24) is 0 Å². The molecule has 0 saturated heterocycles. The summed E-state index contributed by atoms with van der Waals surface area (Å²) in [6.45, 7) is 3.99. The van der Waals surface area contributed by atoms with E-state index < -0.39 is 0 Å². The maximum atomic E-state index is 13.1. The van der Waals surface area contributed by atoms with Crippen LogP contribution < -0.4 is 10.6 Å². The Bertz CT molecular complexity index is 1770. The topological polar surface area (TPSA) is 58.2 Å². The number of nitrogens with one attached hydrogen (secondary N) is 2. The lowest BCUT2D eigenvalue weighted by atomic mass is 9.99. The van der Waals surface area contributed by atoms with Crippen LogP contribution in [0.4, 0.5) is 11.4 Å². The van der Waals surface area contributed by atoms with E-state index in [1.807, 2.05) is 123 Å². The summed E-state index contributed by atoms with van der Waals surface area (Å²) in [6.07, 6.45) is 0. The lowest BCUT2D eigenvalue weighted by Crippen LogP contribution is -2.13. The van der Waals surface area contributed by atoms with Crippen LogP contribution in [-0.2, 0) is 0 Å². The fourth-order valence-electron chi connectivity index (χ4n) is 5.19. The number of aryl methyl sites for hydroxylation is 2. The molecule has 0 heterocycles. The Morgan fingerprint density at radius 2 is 0.875 bits per heavy atom. The van der Waals surface area contributed by atoms with Gasteiger partial charge in [-0.25, -0.2) is 0 Å². The van der Waals surface area contributed by atoms with Crippen LogP contribution in [0.25, 0.3) is 32.7 Å². The molecule has 6 aromatic rings. The first-order valence-electron chi connectivity index (χ1n) is 13.3. The van der Waals surface area contributed by atoms with Crippen molar-refractivity contribution < 1.29 is 9.59 Å². The molecule has 6 rings (SSSR count). The second kappa shape index (κ2) is 10.5. The highest BCUT2D eigenvalue weighted by molar-refractivity contribution is 6.14. The first-order chi connectivity index (χ1) is 19.5. The number of rotatable bonds is 5. The average molecular weight is 521 g/mol. The zero-order valence-corrected chi connectivity index (χ0v) is 22.4. The van der Waals surface area contributed by atoms with Crippen LogP contribution >= 0.6 is 0 Å². The molecule has 0 aromatic heterocycles. The summed E-state index contributed by atoms with van der Waals surface area (Å²) >= 11 is 0. The van der Waals surface area contributed by atoms with Crippen LogP contribution in [0.15, 0.2) is 121 Å². The Labute approximate surface area is 233 Å². The monoisotopic (exact) mass is 520 g/mol. The highest BCUT2D eigenvalue weighted by Crippen LogP contribution is 2.29. The highest BCUT2D eigenvalue weighted by atomic mass is 16.2. The number of hydrogen-bond acceptors (Lipinski definition) is 2. The summed E-state index contributed by atoms with van der Waals surface area (Å²) in [5.41, 5.74) is 6.87. The summed E-state index contributed by atoms with van der Waals surface area (Å²) < 4.78 is 0. The van der Waals surface area contributed by atoms with E-state index in [0.29, 0.717) is 11.1 Å². The largest absolute Gasteiger partial charge is 0.322 e. The average Bonchev–Trinajstić information content (AvgIpc) is 2.98. The molecule has 0 fully saturated rings. The number of benzene rings is 6. The van der Waals surface area contributed by atoms with E-state index in [2.05, 4.69) is 22.8 Å². The molecule has 0 aliphatic heterocycles. The fourth-order valence-corrected chi connectivity index (χ4v) is 5.19. The van der Waals surface area contributed by atoms with Crippen LogP contribution in [0.3, 0.4) is 0 Å². The third-order valence-corrected chi connectivity index (χ3v) is 7.35. The predicted octanol–water partition coefficient (Wildman–Crippen LogP) is 8.78. The van der Waals surface area contributed by atoms with Gasteiger partial charge in [0.1, 0.15) is 0 Å². The molecule has 0 bridgehead atoms. The number of fused-ring (bicyclic) bond motifs is 2. The second-order valence-electron chi connectivity index (χ2n) is 10.0. The lowest BCUT2D eigenvalue weighted by Gasteiger charge is -2.14. The molecule has 2 amide bonds. The van der Waals surface area contributed by atoms with Gasteiger partial charge in [0.05, 0.1) is 0 Å². The van der Waals surface area contributed by atoms with Gasteiger partial charge in [0.2, 0.25) is 0 Å². The molecule has 4 heteroatoms. The van der Waals surface area contributed by atoms with Crippen LogP contribution in [0.1, 0.15) is 31.8 Å². The normalized spacial score (nSPS) is 10.9. The zero-order valence-electron chi connectivity index (χ0n) is 22.4. The van der Waals surface area contributed by atoms with E-state index in [0.717, 1.165) is 55.2 Å². The van der Waals surface area contributed by atoms with Gasteiger partial charge in [-0.2, -0.15) is 0 Å². The van der Waals surface area contributed by atoms with Gasteiger partial charge in [0, 0.05) is 22.5 Å². The Morgan fingerprint density at radius 1 is 0.475 bits per heavy atom. The van der Waals surface area contributed by atoms with Crippen molar-refractivity contribution in [1.29, 1.82) is 0 Å². The Morgan fingerprint density at radius 3 is 1.30 bits per heavy atom. The second-order valence-corrected chi connectivity index (χ2v) is 10.0. The quantitative estimate of drug-likeness (QED) is 0.239. The maximum absolute atomic E-state index is 13.1. The molecule has 194 valence electrons. The molecule has 40 heavy (non-hydrogen) atoms. The number of carbonyl (C=O) groups is 2. The molecule has 0 unspecified atom stereocenters. The van der Waals surface area contributed by atoms with Gasteiger partial charge >= 0.3 is 0 Å². The molecule has 0 radical (unpaired) electrons. The molecule has 6 aromatic carbocycles. The number of hydrogen-bond donors (Lipinski definition) is 2. The summed E-state index contributed by atoms with van der Waals surface area (Å²) in [5.74, 6) is -0.260. The molecule has 0 aliphatic rings. The van der Waals surface area contributed by atoms with Crippen LogP contribution in [-0.4, -0.2) is 11.8 Å². The van der Waals surface area contributed by atoms with Crippen molar-refractivity contribution in [3.63, 3.8) is 0 Å².